The molecule has 2 fully saturated rings. The first-order valence-corrected chi connectivity index (χ1v) is 6.76. The van der Waals surface area contributed by atoms with E-state index in [-0.39, 0.29) is 0 Å². The third-order valence-corrected chi connectivity index (χ3v) is 4.67. The van der Waals surface area contributed by atoms with Crippen molar-refractivity contribution >= 4 is 0 Å². The van der Waals surface area contributed by atoms with Crippen molar-refractivity contribution in [1.29, 1.82) is 5.26 Å². The summed E-state index contributed by atoms with van der Waals surface area (Å²) >= 11 is 0. The number of methoxy groups -OCH3 is 1. The number of nitriles is 1. The fourth-order valence-corrected chi connectivity index (χ4v) is 3.52. The van der Waals surface area contributed by atoms with Crippen molar-refractivity contribution in [3.05, 3.63) is 0 Å². The van der Waals surface area contributed by atoms with E-state index in [1.54, 1.807) is 0 Å². The van der Waals surface area contributed by atoms with Gasteiger partial charge in [-0.15, -0.1) is 0 Å². The Morgan fingerprint density at radius 3 is 1.81 bits per heavy atom. The molecule has 2 rings (SSSR count). The molecule has 16 heavy (non-hydrogen) atoms. The average molecular weight is 221 g/mol. The van der Waals surface area contributed by atoms with Crippen LogP contribution in [0.3, 0.4) is 0 Å². The van der Waals surface area contributed by atoms with E-state index >= 15 is 0 Å². The monoisotopic (exact) mass is 221 g/mol. The number of rotatable bonds is 2. The summed E-state index contributed by atoms with van der Waals surface area (Å²) in [5.74, 6) is 2.18. The molecular weight excluding hydrogens is 198 g/mol. The van der Waals surface area contributed by atoms with Crippen LogP contribution in [0, 0.1) is 29.1 Å². The molecule has 0 N–H and O–H groups in total. The highest BCUT2D eigenvalue weighted by molar-refractivity contribution is 4.89. The Morgan fingerprint density at radius 1 is 0.875 bits per heavy atom. The fraction of sp³-hybridized carbons (Fsp3) is 0.929. The van der Waals surface area contributed by atoms with Crippen LogP contribution >= 0.6 is 0 Å². The van der Waals surface area contributed by atoms with Crippen LogP contribution in [0.1, 0.15) is 51.4 Å². The molecular formula is C14H23NO. The Hall–Kier alpha value is -0.550. The smallest absolute Gasteiger partial charge is 0.0655 e. The third-order valence-electron chi connectivity index (χ3n) is 4.67. The van der Waals surface area contributed by atoms with Crippen molar-refractivity contribution in [3.8, 4) is 6.07 Å². The van der Waals surface area contributed by atoms with Crippen LogP contribution in [0.4, 0.5) is 0 Å². The molecule has 2 nitrogen and oxygen atoms in total. The van der Waals surface area contributed by atoms with E-state index in [0.29, 0.717) is 12.0 Å². The molecule has 0 spiro atoms. The van der Waals surface area contributed by atoms with Crippen molar-refractivity contribution in [2.45, 2.75) is 57.5 Å². The highest BCUT2D eigenvalue weighted by Crippen LogP contribution is 2.40. The first-order chi connectivity index (χ1) is 7.83. The van der Waals surface area contributed by atoms with Gasteiger partial charge in [-0.25, -0.2) is 0 Å². The maximum absolute atomic E-state index is 8.89. The molecule has 90 valence electrons. The van der Waals surface area contributed by atoms with Crippen LogP contribution in [0.2, 0.25) is 0 Å². The van der Waals surface area contributed by atoms with Crippen LogP contribution in [0.5, 0.6) is 0 Å². The summed E-state index contributed by atoms with van der Waals surface area (Å²) < 4.78 is 5.42. The Bertz CT molecular complexity index is 242. The van der Waals surface area contributed by atoms with Gasteiger partial charge in [0.25, 0.3) is 0 Å². The zero-order valence-electron chi connectivity index (χ0n) is 10.3. The largest absolute Gasteiger partial charge is 0.381 e. The molecule has 2 aliphatic rings. The van der Waals surface area contributed by atoms with Crippen molar-refractivity contribution in [3.63, 3.8) is 0 Å². The summed E-state index contributed by atoms with van der Waals surface area (Å²) in [6, 6.07) is 2.42. The quantitative estimate of drug-likeness (QED) is 0.714. The Morgan fingerprint density at radius 2 is 1.38 bits per heavy atom. The maximum Gasteiger partial charge on any atom is 0.0655 e. The topological polar surface area (TPSA) is 33.0 Å². The molecule has 0 amide bonds. The van der Waals surface area contributed by atoms with Crippen LogP contribution in [0.25, 0.3) is 0 Å². The van der Waals surface area contributed by atoms with Gasteiger partial charge >= 0.3 is 0 Å². The van der Waals surface area contributed by atoms with Gasteiger partial charge in [0.2, 0.25) is 0 Å². The molecule has 0 atom stereocenters. The second-order valence-corrected chi connectivity index (χ2v) is 5.51. The lowest BCUT2D eigenvalue weighted by Crippen LogP contribution is -2.27. The minimum atomic E-state index is 0.353. The van der Waals surface area contributed by atoms with Gasteiger partial charge in [-0.1, -0.05) is 0 Å². The Labute approximate surface area is 99.0 Å². The Balaban J connectivity index is 1.76. The molecule has 2 saturated carbocycles. The normalized spacial score (nSPS) is 40.2. The minimum absolute atomic E-state index is 0.353. The van der Waals surface area contributed by atoms with Crippen LogP contribution in [-0.4, -0.2) is 13.2 Å². The number of nitrogens with zero attached hydrogens (tertiary/aromatic N) is 1. The van der Waals surface area contributed by atoms with E-state index in [1.807, 2.05) is 7.11 Å². The van der Waals surface area contributed by atoms with Gasteiger partial charge < -0.3 is 4.74 Å². The van der Waals surface area contributed by atoms with E-state index in [4.69, 9.17) is 10.00 Å². The maximum atomic E-state index is 8.89. The minimum Gasteiger partial charge on any atom is -0.381 e. The predicted octanol–water partition coefficient (Wildman–Crippen LogP) is 3.52. The molecule has 0 heterocycles. The second-order valence-electron chi connectivity index (χ2n) is 5.51. The lowest BCUT2D eigenvalue weighted by Gasteiger charge is -2.36. The van der Waals surface area contributed by atoms with Crippen molar-refractivity contribution in [2.75, 3.05) is 7.11 Å². The van der Waals surface area contributed by atoms with Gasteiger partial charge in [0.1, 0.15) is 0 Å². The van der Waals surface area contributed by atoms with E-state index in [9.17, 15) is 0 Å². The summed E-state index contributed by atoms with van der Waals surface area (Å²) in [4.78, 5) is 0. The Kier molecular flexibility index (Phi) is 4.23. The average Bonchev–Trinajstić information content (AvgIpc) is 2.39. The summed E-state index contributed by atoms with van der Waals surface area (Å²) in [6.07, 6.45) is 10.6. The number of hydrogen-bond acceptors (Lipinski definition) is 2. The highest BCUT2D eigenvalue weighted by atomic mass is 16.5. The molecule has 2 aliphatic carbocycles. The lowest BCUT2D eigenvalue weighted by molar-refractivity contribution is 0.0406. The first kappa shape index (κ1) is 11.9. The first-order valence-electron chi connectivity index (χ1n) is 6.76. The molecule has 0 unspecified atom stereocenters. The van der Waals surface area contributed by atoms with Gasteiger partial charge in [-0.2, -0.15) is 5.26 Å². The van der Waals surface area contributed by atoms with E-state index in [1.165, 1.54) is 38.5 Å². The van der Waals surface area contributed by atoms with Gasteiger partial charge in [0, 0.05) is 13.0 Å². The van der Waals surface area contributed by atoms with Gasteiger partial charge in [0.15, 0.2) is 0 Å². The summed E-state index contributed by atoms with van der Waals surface area (Å²) in [5, 5.41) is 8.89. The standard InChI is InChI=1S/C14H23NO/c1-16-14-8-6-13(7-9-14)12-4-2-11(10-15)3-5-12/h11-14H,2-9H2,1H3. The van der Waals surface area contributed by atoms with E-state index in [0.717, 1.165) is 24.7 Å². The highest BCUT2D eigenvalue weighted by Gasteiger charge is 2.30. The SMILES string of the molecule is COC1CCC(C2CCC(C#N)CC2)CC1. The molecule has 0 aromatic carbocycles. The van der Waals surface area contributed by atoms with E-state index in [2.05, 4.69) is 6.07 Å². The zero-order valence-corrected chi connectivity index (χ0v) is 10.3. The number of hydrogen-bond donors (Lipinski definition) is 0. The molecule has 0 aromatic rings. The van der Waals surface area contributed by atoms with Crippen LogP contribution in [0.15, 0.2) is 0 Å². The molecule has 0 bridgehead atoms. The van der Waals surface area contributed by atoms with E-state index < -0.39 is 0 Å². The third kappa shape index (κ3) is 2.77. The second kappa shape index (κ2) is 5.68. The van der Waals surface area contributed by atoms with Gasteiger partial charge in [0.05, 0.1) is 12.2 Å². The van der Waals surface area contributed by atoms with Crippen molar-refractivity contribution in [2.24, 2.45) is 17.8 Å². The lowest BCUT2D eigenvalue weighted by atomic mass is 9.71. The fourth-order valence-electron chi connectivity index (χ4n) is 3.52. The summed E-state index contributed by atoms with van der Waals surface area (Å²) in [5.41, 5.74) is 0. The van der Waals surface area contributed by atoms with Gasteiger partial charge in [-0.3, -0.25) is 0 Å². The van der Waals surface area contributed by atoms with Gasteiger partial charge in [-0.05, 0) is 63.2 Å². The summed E-state index contributed by atoms with van der Waals surface area (Å²) in [7, 11) is 1.84. The predicted molar refractivity (Wildman–Crippen MR) is 63.8 cm³/mol. The summed E-state index contributed by atoms with van der Waals surface area (Å²) in [6.45, 7) is 0. The number of ether oxygens (including phenoxy) is 1. The van der Waals surface area contributed by atoms with Crippen LogP contribution in [-0.2, 0) is 4.74 Å². The van der Waals surface area contributed by atoms with Crippen molar-refractivity contribution < 1.29 is 4.74 Å². The molecule has 0 aliphatic heterocycles. The van der Waals surface area contributed by atoms with Crippen LogP contribution < -0.4 is 0 Å². The zero-order chi connectivity index (χ0) is 11.4. The molecule has 2 heteroatoms. The molecule has 0 aromatic heterocycles. The van der Waals surface area contributed by atoms with Crippen molar-refractivity contribution in [1.82, 2.24) is 0 Å². The molecule has 0 radical (unpaired) electrons. The molecule has 0 saturated heterocycles.